The molecule has 358 valence electrons. The number of esters is 2. The number of ether oxygens (including phenoxy) is 2. The van der Waals surface area contributed by atoms with Crippen molar-refractivity contribution < 1.29 is 37.6 Å². The van der Waals surface area contributed by atoms with Gasteiger partial charge in [-0.1, -0.05) is 251 Å². The van der Waals surface area contributed by atoms with Gasteiger partial charge in [-0.05, 0) is 12.8 Å². The summed E-state index contributed by atoms with van der Waals surface area (Å²) >= 11 is 0. The Balaban J connectivity index is 3.82. The van der Waals surface area contributed by atoms with Gasteiger partial charge in [0.25, 0.3) is 0 Å². The van der Waals surface area contributed by atoms with Gasteiger partial charge in [0.15, 0.2) is 6.10 Å². The molecule has 0 amide bonds. The number of phosphoric ester groups is 1. The van der Waals surface area contributed by atoms with Crippen molar-refractivity contribution in [3.8, 4) is 0 Å². The third kappa shape index (κ3) is 46.5. The molecule has 0 aliphatic rings. The number of carbonyl (C=O) groups is 2. The van der Waals surface area contributed by atoms with Crippen LogP contribution >= 0.6 is 7.82 Å². The molecule has 0 bridgehead atoms. The molecule has 2 atom stereocenters. The molecule has 0 spiro atoms. The summed E-state index contributed by atoms with van der Waals surface area (Å²) in [5, 5.41) is 0. The van der Waals surface area contributed by atoms with Crippen molar-refractivity contribution in [2.75, 3.05) is 26.4 Å². The van der Waals surface area contributed by atoms with Crippen molar-refractivity contribution in [1.29, 1.82) is 0 Å². The molecule has 60 heavy (non-hydrogen) atoms. The second-order valence-electron chi connectivity index (χ2n) is 17.8. The fraction of sp³-hybridized carbons (Fsp3) is 0.960. The molecular formula is C50H100NO8P. The van der Waals surface area contributed by atoms with Crippen LogP contribution in [0.25, 0.3) is 0 Å². The van der Waals surface area contributed by atoms with Crippen LogP contribution in [0.1, 0.15) is 277 Å². The first-order valence-corrected chi connectivity index (χ1v) is 27.5. The Bertz CT molecular complexity index is 953. The van der Waals surface area contributed by atoms with Crippen LogP contribution in [0.3, 0.4) is 0 Å². The minimum absolute atomic E-state index is 0.0581. The van der Waals surface area contributed by atoms with Gasteiger partial charge in [0.05, 0.1) is 13.2 Å². The summed E-state index contributed by atoms with van der Waals surface area (Å²) < 4.78 is 32.8. The maximum atomic E-state index is 12.6. The van der Waals surface area contributed by atoms with Crippen LogP contribution in [0.2, 0.25) is 0 Å². The van der Waals surface area contributed by atoms with E-state index in [4.69, 9.17) is 24.3 Å². The third-order valence-corrected chi connectivity index (χ3v) is 12.7. The SMILES string of the molecule is CCCCCCCCCCCCCCCCCCCCCCCCCCCCCCCC(=O)OC(COC(=O)CCCCCCCCCCCC)COP(=O)(O)OCCN. The van der Waals surface area contributed by atoms with E-state index >= 15 is 0 Å². The largest absolute Gasteiger partial charge is 0.472 e. The molecule has 3 N–H and O–H groups in total. The molecule has 10 heteroatoms. The number of unbranched alkanes of at least 4 members (excludes halogenated alkanes) is 37. The smallest absolute Gasteiger partial charge is 0.462 e. The van der Waals surface area contributed by atoms with Gasteiger partial charge in [-0.2, -0.15) is 0 Å². The van der Waals surface area contributed by atoms with Crippen molar-refractivity contribution in [2.24, 2.45) is 5.73 Å². The molecule has 0 fully saturated rings. The Kier molecular flexibility index (Phi) is 46.7. The Morgan fingerprint density at radius 3 is 1.02 bits per heavy atom. The van der Waals surface area contributed by atoms with E-state index < -0.39 is 26.5 Å². The molecule has 9 nitrogen and oxygen atoms in total. The molecule has 0 saturated heterocycles. The van der Waals surface area contributed by atoms with Gasteiger partial charge in [-0.15, -0.1) is 0 Å². The first-order valence-electron chi connectivity index (χ1n) is 26.0. The standard InChI is InChI=1S/C50H100NO8P/c1-3-5-7-9-11-13-15-16-17-18-19-20-21-22-23-24-25-26-27-28-29-30-31-32-33-35-37-39-41-43-50(53)59-48(47-58-60(54,55)57-45-44-51)46-56-49(52)42-40-38-36-34-14-12-10-8-6-4-2/h48H,3-47,51H2,1-2H3,(H,54,55). The molecule has 0 heterocycles. The van der Waals surface area contributed by atoms with Crippen LogP contribution in [0.5, 0.6) is 0 Å². The normalized spacial score (nSPS) is 13.1. The highest BCUT2D eigenvalue weighted by Gasteiger charge is 2.26. The summed E-state index contributed by atoms with van der Waals surface area (Å²) in [7, 11) is -4.37. The summed E-state index contributed by atoms with van der Waals surface area (Å²) in [5.74, 6) is -0.812. The van der Waals surface area contributed by atoms with Crippen LogP contribution in [-0.2, 0) is 32.7 Å². The predicted octanol–water partition coefficient (Wildman–Crippen LogP) is 15.6. The maximum Gasteiger partial charge on any atom is 0.472 e. The van der Waals surface area contributed by atoms with Crippen molar-refractivity contribution in [2.45, 2.75) is 283 Å². The lowest BCUT2D eigenvalue weighted by molar-refractivity contribution is -0.161. The van der Waals surface area contributed by atoms with Crippen molar-refractivity contribution in [1.82, 2.24) is 0 Å². The maximum absolute atomic E-state index is 12.6. The molecule has 2 unspecified atom stereocenters. The van der Waals surface area contributed by atoms with Gasteiger partial charge in [0.1, 0.15) is 6.61 Å². The number of rotatable bonds is 50. The van der Waals surface area contributed by atoms with Crippen molar-refractivity contribution in [3.05, 3.63) is 0 Å². The average Bonchev–Trinajstić information content (AvgIpc) is 3.24. The molecule has 0 aromatic carbocycles. The number of carbonyl (C=O) groups excluding carboxylic acids is 2. The molecule has 0 aromatic rings. The van der Waals surface area contributed by atoms with E-state index in [1.807, 2.05) is 0 Å². The Labute approximate surface area is 371 Å². The summed E-state index contributed by atoms with van der Waals surface area (Å²) in [4.78, 5) is 34.9. The van der Waals surface area contributed by atoms with Crippen LogP contribution in [0, 0.1) is 0 Å². The number of nitrogens with two attached hydrogens (primary N) is 1. The zero-order valence-electron chi connectivity index (χ0n) is 39.7. The Morgan fingerprint density at radius 1 is 0.433 bits per heavy atom. The zero-order valence-corrected chi connectivity index (χ0v) is 40.6. The quantitative estimate of drug-likeness (QED) is 0.0348. The summed E-state index contributed by atoms with van der Waals surface area (Å²) in [6.45, 7) is 3.77. The van der Waals surface area contributed by atoms with E-state index in [0.29, 0.717) is 6.42 Å². The van der Waals surface area contributed by atoms with Crippen LogP contribution in [0.15, 0.2) is 0 Å². The van der Waals surface area contributed by atoms with Crippen molar-refractivity contribution >= 4 is 19.8 Å². The van der Waals surface area contributed by atoms with Gasteiger partial charge >= 0.3 is 19.8 Å². The molecule has 0 aliphatic carbocycles. The minimum Gasteiger partial charge on any atom is -0.462 e. The highest BCUT2D eigenvalue weighted by atomic mass is 31.2. The topological polar surface area (TPSA) is 134 Å². The van der Waals surface area contributed by atoms with E-state index in [2.05, 4.69) is 13.8 Å². The minimum atomic E-state index is -4.37. The fourth-order valence-electron chi connectivity index (χ4n) is 7.87. The molecule has 0 aromatic heterocycles. The number of hydrogen-bond acceptors (Lipinski definition) is 8. The first kappa shape index (κ1) is 59.0. The lowest BCUT2D eigenvalue weighted by Gasteiger charge is -2.19. The highest BCUT2D eigenvalue weighted by molar-refractivity contribution is 7.47. The van der Waals surface area contributed by atoms with Gasteiger partial charge < -0.3 is 20.1 Å². The van der Waals surface area contributed by atoms with E-state index in [1.165, 1.54) is 212 Å². The summed E-state index contributed by atoms with van der Waals surface area (Å²) in [5.41, 5.74) is 5.36. The highest BCUT2D eigenvalue weighted by Crippen LogP contribution is 2.43. The third-order valence-electron chi connectivity index (χ3n) is 11.7. The van der Waals surface area contributed by atoms with Gasteiger partial charge in [-0.3, -0.25) is 18.6 Å². The summed E-state index contributed by atoms with van der Waals surface area (Å²) in [6, 6.07) is 0. The zero-order chi connectivity index (χ0) is 43.9. The van der Waals surface area contributed by atoms with E-state index in [1.54, 1.807) is 0 Å². The van der Waals surface area contributed by atoms with E-state index in [0.717, 1.165) is 32.1 Å². The average molecular weight is 874 g/mol. The van der Waals surface area contributed by atoms with E-state index in [9.17, 15) is 19.0 Å². The van der Waals surface area contributed by atoms with Gasteiger partial charge in [-0.25, -0.2) is 4.57 Å². The number of phosphoric acid groups is 1. The lowest BCUT2D eigenvalue weighted by Crippen LogP contribution is -2.29. The second-order valence-corrected chi connectivity index (χ2v) is 19.2. The Hall–Kier alpha value is -0.990. The fourth-order valence-corrected chi connectivity index (χ4v) is 8.64. The summed E-state index contributed by atoms with van der Waals surface area (Å²) in [6.07, 6.45) is 50.3. The van der Waals surface area contributed by atoms with Gasteiger partial charge in [0.2, 0.25) is 0 Å². The van der Waals surface area contributed by atoms with Crippen LogP contribution in [-0.4, -0.2) is 49.3 Å². The van der Waals surface area contributed by atoms with Crippen molar-refractivity contribution in [3.63, 3.8) is 0 Å². The van der Waals surface area contributed by atoms with Crippen LogP contribution in [0.4, 0.5) is 0 Å². The second kappa shape index (κ2) is 47.5. The molecule has 0 aliphatic heterocycles. The molecule has 0 radical (unpaired) electrons. The van der Waals surface area contributed by atoms with E-state index in [-0.39, 0.29) is 38.6 Å². The van der Waals surface area contributed by atoms with Crippen LogP contribution < -0.4 is 5.73 Å². The lowest BCUT2D eigenvalue weighted by atomic mass is 10.0. The predicted molar refractivity (Wildman–Crippen MR) is 252 cm³/mol. The molecule has 0 saturated carbocycles. The Morgan fingerprint density at radius 2 is 0.717 bits per heavy atom. The molecular weight excluding hydrogens is 774 g/mol. The van der Waals surface area contributed by atoms with Gasteiger partial charge in [0, 0.05) is 19.4 Å². The molecule has 0 rings (SSSR count). The number of hydrogen-bond donors (Lipinski definition) is 2. The monoisotopic (exact) mass is 874 g/mol. The first-order chi connectivity index (χ1) is 29.3.